The predicted octanol–water partition coefficient (Wildman–Crippen LogP) is 2.55. The van der Waals surface area contributed by atoms with Crippen LogP contribution < -0.4 is 5.73 Å². The lowest BCUT2D eigenvalue weighted by Crippen LogP contribution is -2.09. The van der Waals surface area contributed by atoms with Gasteiger partial charge in [-0.15, -0.1) is 0 Å². The van der Waals surface area contributed by atoms with E-state index in [0.717, 1.165) is 5.56 Å². The molecule has 13 heavy (non-hydrogen) atoms. The third kappa shape index (κ3) is 2.04. The molecule has 0 aromatic heterocycles. The molecule has 0 radical (unpaired) electrons. The molecule has 0 saturated carbocycles. The molecule has 0 aliphatic rings. The number of hydrogen-bond acceptors (Lipinski definition) is 1. The molecular formula is C10H13F2N. The molecule has 0 aliphatic heterocycles. The summed E-state index contributed by atoms with van der Waals surface area (Å²) in [7, 11) is 0. The van der Waals surface area contributed by atoms with Gasteiger partial charge in [0.1, 0.15) is 0 Å². The summed E-state index contributed by atoms with van der Waals surface area (Å²) in [4.78, 5) is 0. The van der Waals surface area contributed by atoms with Crippen molar-refractivity contribution in [3.8, 4) is 0 Å². The molecule has 0 spiro atoms. The van der Waals surface area contributed by atoms with Gasteiger partial charge in [0.05, 0.1) is 0 Å². The van der Waals surface area contributed by atoms with Gasteiger partial charge in [0, 0.05) is 6.04 Å². The van der Waals surface area contributed by atoms with Gasteiger partial charge in [-0.2, -0.15) is 0 Å². The molecule has 0 bridgehead atoms. The molecule has 0 saturated heterocycles. The van der Waals surface area contributed by atoms with E-state index in [4.69, 9.17) is 5.73 Å². The Labute approximate surface area is 76.6 Å². The smallest absolute Gasteiger partial charge is 0.159 e. The maximum Gasteiger partial charge on any atom is 0.159 e. The fraction of sp³-hybridized carbons (Fsp3) is 0.400. The highest BCUT2D eigenvalue weighted by Crippen LogP contribution is 2.20. The Morgan fingerprint density at radius 2 is 1.85 bits per heavy atom. The summed E-state index contributed by atoms with van der Waals surface area (Å²) in [5, 5.41) is 0. The minimum atomic E-state index is -0.829. The second-order valence-electron chi connectivity index (χ2n) is 3.11. The summed E-state index contributed by atoms with van der Waals surface area (Å²) in [6, 6.07) is 2.14. The molecule has 2 N–H and O–H groups in total. The average Bonchev–Trinajstić information content (AvgIpc) is 2.08. The molecule has 1 aromatic rings. The first-order valence-corrected chi connectivity index (χ1v) is 4.29. The van der Waals surface area contributed by atoms with Gasteiger partial charge in [0.15, 0.2) is 11.6 Å². The second kappa shape index (κ2) is 3.83. The molecule has 0 amide bonds. The lowest BCUT2D eigenvalue weighted by molar-refractivity contribution is 0.504. The standard InChI is InChI=1S/C10H13F2N/c1-3-7-4-9(11)10(12)5-8(7)6(2)13/h4-6H,3,13H2,1-2H3/t6-/m0/s1. The Morgan fingerprint density at radius 3 is 2.31 bits per heavy atom. The molecule has 72 valence electrons. The SMILES string of the molecule is CCc1cc(F)c(F)cc1[C@H](C)N. The zero-order valence-corrected chi connectivity index (χ0v) is 7.77. The van der Waals surface area contributed by atoms with Crippen LogP contribution in [0.2, 0.25) is 0 Å². The number of aryl methyl sites for hydroxylation is 1. The van der Waals surface area contributed by atoms with E-state index in [-0.39, 0.29) is 6.04 Å². The second-order valence-corrected chi connectivity index (χ2v) is 3.11. The van der Waals surface area contributed by atoms with E-state index < -0.39 is 11.6 Å². The van der Waals surface area contributed by atoms with E-state index in [1.165, 1.54) is 12.1 Å². The van der Waals surface area contributed by atoms with Crippen molar-refractivity contribution in [3.63, 3.8) is 0 Å². The minimum Gasteiger partial charge on any atom is -0.324 e. The van der Waals surface area contributed by atoms with Crippen LogP contribution >= 0.6 is 0 Å². The van der Waals surface area contributed by atoms with E-state index in [2.05, 4.69) is 0 Å². The van der Waals surface area contributed by atoms with Crippen LogP contribution in [0.5, 0.6) is 0 Å². The highest BCUT2D eigenvalue weighted by molar-refractivity contribution is 5.31. The Kier molecular flexibility index (Phi) is 2.98. The number of benzene rings is 1. The molecular weight excluding hydrogens is 172 g/mol. The van der Waals surface area contributed by atoms with Crippen molar-refractivity contribution >= 4 is 0 Å². The van der Waals surface area contributed by atoms with E-state index in [9.17, 15) is 8.78 Å². The third-order valence-corrected chi connectivity index (χ3v) is 2.05. The lowest BCUT2D eigenvalue weighted by atomic mass is 10.00. The van der Waals surface area contributed by atoms with Crippen LogP contribution in [0.15, 0.2) is 12.1 Å². The molecule has 1 aromatic carbocycles. The van der Waals surface area contributed by atoms with Gasteiger partial charge in [-0.3, -0.25) is 0 Å². The van der Waals surface area contributed by atoms with Crippen LogP contribution in [0.4, 0.5) is 8.78 Å². The maximum atomic E-state index is 12.8. The molecule has 0 unspecified atom stereocenters. The zero-order valence-electron chi connectivity index (χ0n) is 7.77. The van der Waals surface area contributed by atoms with Crippen LogP contribution in [-0.4, -0.2) is 0 Å². The van der Waals surface area contributed by atoms with E-state index >= 15 is 0 Å². The number of halogens is 2. The Hall–Kier alpha value is -0.960. The molecule has 0 heterocycles. The molecule has 0 fully saturated rings. The van der Waals surface area contributed by atoms with Gasteiger partial charge in [-0.25, -0.2) is 8.78 Å². The van der Waals surface area contributed by atoms with Gasteiger partial charge >= 0.3 is 0 Å². The van der Waals surface area contributed by atoms with Crippen LogP contribution in [0.1, 0.15) is 31.0 Å². The van der Waals surface area contributed by atoms with E-state index in [1.54, 1.807) is 6.92 Å². The van der Waals surface area contributed by atoms with Crippen LogP contribution in [0.25, 0.3) is 0 Å². The topological polar surface area (TPSA) is 26.0 Å². The number of hydrogen-bond donors (Lipinski definition) is 1. The fourth-order valence-corrected chi connectivity index (χ4v) is 1.33. The average molecular weight is 185 g/mol. The van der Waals surface area contributed by atoms with Crippen LogP contribution in [0, 0.1) is 11.6 Å². The highest BCUT2D eigenvalue weighted by Gasteiger charge is 2.10. The summed E-state index contributed by atoms with van der Waals surface area (Å²) in [5.41, 5.74) is 7.07. The van der Waals surface area contributed by atoms with Gasteiger partial charge in [-0.05, 0) is 36.6 Å². The fourth-order valence-electron chi connectivity index (χ4n) is 1.33. The summed E-state index contributed by atoms with van der Waals surface area (Å²) in [6.07, 6.45) is 0.661. The van der Waals surface area contributed by atoms with Crippen molar-refractivity contribution in [2.45, 2.75) is 26.3 Å². The normalized spacial score (nSPS) is 13.0. The number of nitrogens with two attached hydrogens (primary N) is 1. The third-order valence-electron chi connectivity index (χ3n) is 2.05. The first-order valence-electron chi connectivity index (χ1n) is 4.29. The quantitative estimate of drug-likeness (QED) is 0.752. The maximum absolute atomic E-state index is 12.8. The molecule has 1 nitrogen and oxygen atoms in total. The summed E-state index contributed by atoms with van der Waals surface area (Å²) in [6.45, 7) is 3.64. The lowest BCUT2D eigenvalue weighted by Gasteiger charge is -2.11. The monoisotopic (exact) mass is 185 g/mol. The van der Waals surface area contributed by atoms with Crippen LogP contribution in [-0.2, 0) is 6.42 Å². The number of rotatable bonds is 2. The van der Waals surface area contributed by atoms with Gasteiger partial charge in [-0.1, -0.05) is 6.92 Å². The first-order chi connectivity index (χ1) is 6.06. The van der Waals surface area contributed by atoms with E-state index in [1.807, 2.05) is 6.92 Å². The van der Waals surface area contributed by atoms with Crippen LogP contribution in [0.3, 0.4) is 0 Å². The molecule has 1 atom stereocenters. The predicted molar refractivity (Wildman–Crippen MR) is 48.3 cm³/mol. The van der Waals surface area contributed by atoms with E-state index in [0.29, 0.717) is 12.0 Å². The van der Waals surface area contributed by atoms with Crippen molar-refractivity contribution in [1.82, 2.24) is 0 Å². The molecule has 3 heteroatoms. The van der Waals surface area contributed by atoms with Crippen molar-refractivity contribution < 1.29 is 8.78 Å². The summed E-state index contributed by atoms with van der Waals surface area (Å²) < 4.78 is 25.6. The van der Waals surface area contributed by atoms with Crippen molar-refractivity contribution in [3.05, 3.63) is 34.9 Å². The summed E-state index contributed by atoms with van der Waals surface area (Å²) >= 11 is 0. The van der Waals surface area contributed by atoms with Crippen molar-refractivity contribution in [1.29, 1.82) is 0 Å². The zero-order chi connectivity index (χ0) is 10.0. The van der Waals surface area contributed by atoms with Crippen molar-refractivity contribution in [2.75, 3.05) is 0 Å². The van der Waals surface area contributed by atoms with Gasteiger partial charge in [0.25, 0.3) is 0 Å². The minimum absolute atomic E-state index is 0.259. The highest BCUT2D eigenvalue weighted by atomic mass is 19.2. The summed E-state index contributed by atoms with van der Waals surface area (Å²) in [5.74, 6) is -1.63. The van der Waals surface area contributed by atoms with Gasteiger partial charge < -0.3 is 5.73 Å². The Morgan fingerprint density at radius 1 is 1.31 bits per heavy atom. The largest absolute Gasteiger partial charge is 0.324 e. The van der Waals surface area contributed by atoms with Gasteiger partial charge in [0.2, 0.25) is 0 Å². The Bertz CT molecular complexity index is 308. The molecule has 1 rings (SSSR count). The van der Waals surface area contributed by atoms with Crippen molar-refractivity contribution in [2.24, 2.45) is 5.73 Å². The Balaban J connectivity index is 3.25. The molecule has 0 aliphatic carbocycles. The first kappa shape index (κ1) is 10.1.